The summed E-state index contributed by atoms with van der Waals surface area (Å²) in [5.41, 5.74) is 5.39. The van der Waals surface area contributed by atoms with Crippen molar-refractivity contribution in [2.75, 3.05) is 7.05 Å². The van der Waals surface area contributed by atoms with Gasteiger partial charge in [0, 0.05) is 18.9 Å². The molecule has 0 atom stereocenters. The van der Waals surface area contributed by atoms with Gasteiger partial charge in [-0.05, 0) is 49.2 Å². The van der Waals surface area contributed by atoms with Crippen molar-refractivity contribution in [1.82, 2.24) is 10.3 Å². The lowest BCUT2D eigenvalue weighted by molar-refractivity contribution is 0.807. The molecule has 0 aliphatic carbocycles. The largest absolute Gasteiger partial charge is 0.316 e. The fraction of sp³-hybridized carbons (Fsp3) is 0.267. The SMILES string of the molecule is CNCc1ccc(C)cc1Cc1ccncc1. The first-order valence-corrected chi connectivity index (χ1v) is 5.91. The van der Waals surface area contributed by atoms with Gasteiger partial charge in [0.05, 0.1) is 0 Å². The van der Waals surface area contributed by atoms with Gasteiger partial charge in [-0.1, -0.05) is 23.8 Å². The molecule has 2 heteroatoms. The number of nitrogens with zero attached hydrogens (tertiary/aromatic N) is 1. The summed E-state index contributed by atoms with van der Waals surface area (Å²) in [6.45, 7) is 3.06. The van der Waals surface area contributed by atoms with E-state index in [1.165, 1.54) is 22.3 Å². The van der Waals surface area contributed by atoms with Gasteiger partial charge in [-0.15, -0.1) is 0 Å². The molecule has 0 aliphatic heterocycles. The highest BCUT2D eigenvalue weighted by Crippen LogP contribution is 2.16. The molecule has 1 heterocycles. The van der Waals surface area contributed by atoms with Crippen LogP contribution in [0, 0.1) is 6.92 Å². The van der Waals surface area contributed by atoms with E-state index in [0.717, 1.165) is 13.0 Å². The van der Waals surface area contributed by atoms with Gasteiger partial charge >= 0.3 is 0 Å². The standard InChI is InChI=1S/C15H18N2/c1-12-3-4-14(11-16-2)15(9-12)10-13-5-7-17-8-6-13/h3-9,16H,10-11H2,1-2H3. The van der Waals surface area contributed by atoms with Gasteiger partial charge in [0.25, 0.3) is 0 Å². The number of hydrogen-bond donors (Lipinski definition) is 1. The highest BCUT2D eigenvalue weighted by molar-refractivity contribution is 5.35. The second-order valence-electron chi connectivity index (χ2n) is 4.33. The summed E-state index contributed by atoms with van der Waals surface area (Å²) in [6, 6.07) is 10.8. The molecule has 0 amide bonds. The smallest absolute Gasteiger partial charge is 0.0270 e. The zero-order chi connectivity index (χ0) is 12.1. The molecule has 0 unspecified atom stereocenters. The Balaban J connectivity index is 2.27. The number of aromatic nitrogens is 1. The van der Waals surface area contributed by atoms with E-state index < -0.39 is 0 Å². The van der Waals surface area contributed by atoms with Crippen molar-refractivity contribution in [3.8, 4) is 0 Å². The van der Waals surface area contributed by atoms with Crippen molar-refractivity contribution in [2.24, 2.45) is 0 Å². The molecule has 17 heavy (non-hydrogen) atoms. The van der Waals surface area contributed by atoms with Gasteiger partial charge < -0.3 is 5.32 Å². The minimum Gasteiger partial charge on any atom is -0.316 e. The van der Waals surface area contributed by atoms with Crippen molar-refractivity contribution >= 4 is 0 Å². The van der Waals surface area contributed by atoms with Gasteiger partial charge in [0.15, 0.2) is 0 Å². The molecule has 1 aromatic carbocycles. The lowest BCUT2D eigenvalue weighted by Crippen LogP contribution is -2.08. The molecule has 2 rings (SSSR count). The Labute approximate surface area is 103 Å². The molecule has 0 aliphatic rings. The molecule has 0 saturated carbocycles. The monoisotopic (exact) mass is 226 g/mol. The zero-order valence-electron chi connectivity index (χ0n) is 10.4. The van der Waals surface area contributed by atoms with Crippen LogP contribution < -0.4 is 5.32 Å². The summed E-state index contributed by atoms with van der Waals surface area (Å²) < 4.78 is 0. The maximum absolute atomic E-state index is 4.05. The maximum atomic E-state index is 4.05. The molecule has 0 bridgehead atoms. The molecule has 88 valence electrons. The second-order valence-corrected chi connectivity index (χ2v) is 4.33. The predicted octanol–water partition coefficient (Wildman–Crippen LogP) is 2.70. The number of nitrogens with one attached hydrogen (secondary N) is 1. The number of pyridine rings is 1. The fourth-order valence-corrected chi connectivity index (χ4v) is 2.00. The Morgan fingerprint density at radius 2 is 1.82 bits per heavy atom. The van der Waals surface area contributed by atoms with Crippen molar-refractivity contribution < 1.29 is 0 Å². The third-order valence-electron chi connectivity index (χ3n) is 2.87. The van der Waals surface area contributed by atoms with E-state index >= 15 is 0 Å². The average Bonchev–Trinajstić information content (AvgIpc) is 2.34. The predicted molar refractivity (Wildman–Crippen MR) is 71.0 cm³/mol. The van der Waals surface area contributed by atoms with Crippen LogP contribution >= 0.6 is 0 Å². The number of hydrogen-bond acceptors (Lipinski definition) is 2. The minimum atomic E-state index is 0.917. The molecule has 0 saturated heterocycles. The van der Waals surface area contributed by atoms with Crippen molar-refractivity contribution in [1.29, 1.82) is 0 Å². The number of benzene rings is 1. The summed E-state index contributed by atoms with van der Waals surface area (Å²) in [4.78, 5) is 4.05. The molecule has 0 radical (unpaired) electrons. The van der Waals surface area contributed by atoms with E-state index in [2.05, 4.69) is 47.6 Å². The third kappa shape index (κ3) is 3.14. The second kappa shape index (κ2) is 5.60. The quantitative estimate of drug-likeness (QED) is 0.867. The van der Waals surface area contributed by atoms with Gasteiger partial charge in [-0.3, -0.25) is 4.98 Å². The van der Waals surface area contributed by atoms with Crippen molar-refractivity contribution in [3.63, 3.8) is 0 Å². The Morgan fingerprint density at radius 3 is 2.53 bits per heavy atom. The van der Waals surface area contributed by atoms with Crippen molar-refractivity contribution in [3.05, 3.63) is 65.0 Å². The molecule has 0 fully saturated rings. The first-order chi connectivity index (χ1) is 8.29. The molecule has 1 N–H and O–H groups in total. The van der Waals surface area contributed by atoms with E-state index in [1.54, 1.807) is 0 Å². The maximum Gasteiger partial charge on any atom is 0.0270 e. The first kappa shape index (κ1) is 11.8. The highest BCUT2D eigenvalue weighted by Gasteiger charge is 2.03. The number of aryl methyl sites for hydroxylation is 1. The molecule has 1 aromatic heterocycles. The lowest BCUT2D eigenvalue weighted by Gasteiger charge is -2.10. The summed E-state index contributed by atoms with van der Waals surface area (Å²) in [5.74, 6) is 0. The van der Waals surface area contributed by atoms with Gasteiger partial charge in [-0.2, -0.15) is 0 Å². The van der Waals surface area contributed by atoms with Crippen LogP contribution in [-0.4, -0.2) is 12.0 Å². The Bertz CT molecular complexity index is 478. The molecular weight excluding hydrogens is 208 g/mol. The van der Waals surface area contributed by atoms with Gasteiger partial charge in [-0.25, -0.2) is 0 Å². The van der Waals surface area contributed by atoms with Crippen LogP contribution in [0.5, 0.6) is 0 Å². The Kier molecular flexibility index (Phi) is 3.89. The molecular formula is C15H18N2. The minimum absolute atomic E-state index is 0.917. The Morgan fingerprint density at radius 1 is 1.06 bits per heavy atom. The third-order valence-corrected chi connectivity index (χ3v) is 2.87. The highest BCUT2D eigenvalue weighted by atomic mass is 14.8. The van der Waals surface area contributed by atoms with Crippen LogP contribution in [0.3, 0.4) is 0 Å². The van der Waals surface area contributed by atoms with E-state index in [-0.39, 0.29) is 0 Å². The lowest BCUT2D eigenvalue weighted by atomic mass is 9.98. The van der Waals surface area contributed by atoms with E-state index in [1.807, 2.05) is 19.4 Å². The van der Waals surface area contributed by atoms with Crippen LogP contribution in [0.25, 0.3) is 0 Å². The first-order valence-electron chi connectivity index (χ1n) is 5.91. The molecule has 2 nitrogen and oxygen atoms in total. The zero-order valence-corrected chi connectivity index (χ0v) is 10.4. The molecule has 0 spiro atoms. The topological polar surface area (TPSA) is 24.9 Å². The average molecular weight is 226 g/mol. The van der Waals surface area contributed by atoms with Crippen LogP contribution in [0.2, 0.25) is 0 Å². The summed E-state index contributed by atoms with van der Waals surface area (Å²) in [6.07, 6.45) is 4.67. The summed E-state index contributed by atoms with van der Waals surface area (Å²) >= 11 is 0. The van der Waals surface area contributed by atoms with Gasteiger partial charge in [0.1, 0.15) is 0 Å². The van der Waals surface area contributed by atoms with E-state index in [4.69, 9.17) is 0 Å². The normalized spacial score (nSPS) is 10.5. The van der Waals surface area contributed by atoms with Crippen molar-refractivity contribution in [2.45, 2.75) is 19.9 Å². The summed E-state index contributed by atoms with van der Waals surface area (Å²) in [7, 11) is 1.98. The fourth-order valence-electron chi connectivity index (χ4n) is 2.00. The molecule has 2 aromatic rings. The van der Waals surface area contributed by atoms with Crippen LogP contribution in [-0.2, 0) is 13.0 Å². The van der Waals surface area contributed by atoms with Crippen LogP contribution in [0.4, 0.5) is 0 Å². The van der Waals surface area contributed by atoms with Crippen LogP contribution in [0.1, 0.15) is 22.3 Å². The number of rotatable bonds is 4. The van der Waals surface area contributed by atoms with Gasteiger partial charge in [0.2, 0.25) is 0 Å². The summed E-state index contributed by atoms with van der Waals surface area (Å²) in [5, 5.41) is 3.22. The van der Waals surface area contributed by atoms with E-state index in [9.17, 15) is 0 Å². The van der Waals surface area contributed by atoms with Crippen LogP contribution in [0.15, 0.2) is 42.7 Å². The Hall–Kier alpha value is -1.67. The van der Waals surface area contributed by atoms with E-state index in [0.29, 0.717) is 0 Å².